The van der Waals surface area contributed by atoms with E-state index in [9.17, 15) is 35.9 Å². The van der Waals surface area contributed by atoms with E-state index in [0.29, 0.717) is 24.3 Å². The van der Waals surface area contributed by atoms with Crippen molar-refractivity contribution in [3.63, 3.8) is 0 Å². The number of nitrogens with zero attached hydrogens (tertiary/aromatic N) is 1. The van der Waals surface area contributed by atoms with Gasteiger partial charge in [0.05, 0.1) is 21.8 Å². The molecule has 0 bridgehead atoms. The van der Waals surface area contributed by atoms with Crippen LogP contribution < -0.4 is 9.62 Å². The first kappa shape index (κ1) is 32.1. The minimum Gasteiger partial charge on any atom is -0.478 e. The third-order valence-corrected chi connectivity index (χ3v) is 7.02. The van der Waals surface area contributed by atoms with Crippen molar-refractivity contribution < 1.29 is 45.8 Å². The van der Waals surface area contributed by atoms with Gasteiger partial charge in [-0.25, -0.2) is 22.4 Å². The summed E-state index contributed by atoms with van der Waals surface area (Å²) in [6, 6.07) is 17.6. The molecule has 0 aliphatic carbocycles. The van der Waals surface area contributed by atoms with Crippen molar-refractivity contribution in [1.29, 1.82) is 0 Å². The molecule has 0 aliphatic rings. The van der Waals surface area contributed by atoms with Crippen molar-refractivity contribution in [3.05, 3.63) is 89.2 Å². The van der Waals surface area contributed by atoms with Gasteiger partial charge in [-0.05, 0) is 54.8 Å². The number of rotatable bonds is 10. The summed E-state index contributed by atoms with van der Waals surface area (Å²) in [5.41, 5.74) is 2.04. The fourth-order valence-corrected chi connectivity index (χ4v) is 4.85. The zero-order valence-electron chi connectivity index (χ0n) is 21.6. The summed E-state index contributed by atoms with van der Waals surface area (Å²) in [5, 5.41) is 16.6. The number of nitrogens with one attached hydrogen (secondary N) is 1. The van der Waals surface area contributed by atoms with Crippen molar-refractivity contribution in [2.75, 3.05) is 16.2 Å². The number of alkyl halides is 3. The summed E-state index contributed by atoms with van der Waals surface area (Å²) in [5.74, 6) is -4.60. The van der Waals surface area contributed by atoms with E-state index in [1.165, 1.54) is 24.3 Å². The van der Waals surface area contributed by atoms with Gasteiger partial charge in [-0.15, -0.1) is 0 Å². The van der Waals surface area contributed by atoms with Crippen LogP contribution in [0.1, 0.15) is 41.3 Å². The molecule has 0 aromatic heterocycles. The lowest BCUT2D eigenvalue weighted by molar-refractivity contribution is -0.192. The van der Waals surface area contributed by atoms with Gasteiger partial charge in [-0.3, -0.25) is 4.72 Å². The van der Waals surface area contributed by atoms with E-state index in [1.54, 1.807) is 13.0 Å². The Morgan fingerprint density at radius 3 is 2.15 bits per heavy atom. The molecule has 13 heteroatoms. The normalized spacial score (nSPS) is 11.2. The molecule has 0 atom stereocenters. The lowest BCUT2D eigenvalue weighted by atomic mass is 10.1. The van der Waals surface area contributed by atoms with Gasteiger partial charge in [0.1, 0.15) is 5.82 Å². The Balaban J connectivity index is 0.000000708. The number of halogens is 4. The molecule has 8 nitrogen and oxygen atoms in total. The van der Waals surface area contributed by atoms with Gasteiger partial charge in [0.15, 0.2) is 0 Å². The Morgan fingerprint density at radius 1 is 0.975 bits per heavy atom. The summed E-state index contributed by atoms with van der Waals surface area (Å²) in [6.45, 7) is 4.79. The second-order valence-corrected chi connectivity index (χ2v) is 10.3. The van der Waals surface area contributed by atoms with Crippen LogP contribution in [0.3, 0.4) is 0 Å². The highest BCUT2D eigenvalue weighted by Gasteiger charge is 2.38. The maximum absolute atomic E-state index is 13.8. The molecule has 0 heterocycles. The molecular weight excluding hydrogens is 556 g/mol. The Hall–Kier alpha value is -4.13. The molecule has 0 saturated heterocycles. The largest absolute Gasteiger partial charge is 0.490 e. The Bertz CT molecular complexity index is 1430. The number of aliphatic carboxylic acids is 1. The number of unbranched alkanes of at least 4 members (excludes halogenated alkanes) is 1. The number of carboxylic acid groups (broad SMARTS) is 2. The first-order valence-corrected chi connectivity index (χ1v) is 13.4. The average molecular weight is 585 g/mol. The summed E-state index contributed by atoms with van der Waals surface area (Å²) in [7, 11) is -4.17. The highest BCUT2D eigenvalue weighted by Crippen LogP contribution is 2.32. The minimum atomic E-state index is -5.08. The summed E-state index contributed by atoms with van der Waals surface area (Å²) >= 11 is 0. The third kappa shape index (κ3) is 9.26. The van der Waals surface area contributed by atoms with Crippen molar-refractivity contribution in [2.45, 2.75) is 44.3 Å². The zero-order chi connectivity index (χ0) is 30.1. The number of benzene rings is 3. The third-order valence-electron chi connectivity index (χ3n) is 5.51. The SMILES string of the molecule is CCCCN(Cc1ccccc1)c1ccc(C(=O)O)cc1NS(=O)(=O)c1cc(F)ccc1C.O=C(O)C(F)(F)F. The van der Waals surface area contributed by atoms with Gasteiger partial charge in [0.2, 0.25) is 0 Å². The molecular formula is C27H28F4N2O6S. The molecule has 0 saturated carbocycles. The summed E-state index contributed by atoms with van der Waals surface area (Å²) in [4.78, 5) is 22.3. The monoisotopic (exact) mass is 584 g/mol. The van der Waals surface area contributed by atoms with Crippen LogP contribution in [0.4, 0.5) is 28.9 Å². The molecule has 0 amide bonds. The van der Waals surface area contributed by atoms with E-state index in [0.717, 1.165) is 24.5 Å². The Labute approximate surface area is 228 Å². The Morgan fingerprint density at radius 2 is 1.60 bits per heavy atom. The smallest absolute Gasteiger partial charge is 0.478 e. The highest BCUT2D eigenvalue weighted by atomic mass is 32.2. The molecule has 0 spiro atoms. The predicted octanol–water partition coefficient (Wildman–Crippen LogP) is 6.07. The van der Waals surface area contributed by atoms with Crippen LogP contribution in [0.15, 0.2) is 71.6 Å². The lowest BCUT2D eigenvalue weighted by Crippen LogP contribution is -2.26. The van der Waals surface area contributed by atoms with Crippen molar-refractivity contribution in [2.24, 2.45) is 0 Å². The number of sulfonamides is 1. The van der Waals surface area contributed by atoms with Crippen LogP contribution in [0.2, 0.25) is 0 Å². The van der Waals surface area contributed by atoms with Gasteiger partial charge >= 0.3 is 18.1 Å². The molecule has 3 N–H and O–H groups in total. The first-order chi connectivity index (χ1) is 18.7. The standard InChI is InChI=1S/C25H27FN2O4S.C2HF3O2/c1-3-4-14-28(17-19-8-6-5-7-9-19)23-13-11-20(25(29)30)15-22(23)27-33(31,32)24-16-21(26)12-10-18(24)2;3-2(4,5)1(6)7/h5-13,15-16,27H,3-4,14,17H2,1-2H3,(H,29,30);(H,6,7). The predicted molar refractivity (Wildman–Crippen MR) is 141 cm³/mol. The Kier molecular flexibility index (Phi) is 11.1. The van der Waals surface area contributed by atoms with Gasteiger partial charge in [-0.2, -0.15) is 13.2 Å². The molecule has 0 fully saturated rings. The second-order valence-electron chi connectivity index (χ2n) is 8.62. The molecule has 3 rings (SSSR count). The van der Waals surface area contributed by atoms with E-state index in [-0.39, 0.29) is 16.1 Å². The van der Waals surface area contributed by atoms with Crippen LogP contribution >= 0.6 is 0 Å². The number of anilines is 2. The molecule has 216 valence electrons. The van der Waals surface area contributed by atoms with Crippen LogP contribution in [0.5, 0.6) is 0 Å². The van der Waals surface area contributed by atoms with E-state index in [2.05, 4.69) is 11.6 Å². The number of aryl methyl sites for hydroxylation is 1. The van der Waals surface area contributed by atoms with Crippen molar-refractivity contribution >= 4 is 33.3 Å². The van der Waals surface area contributed by atoms with Gasteiger partial charge in [0.25, 0.3) is 10.0 Å². The summed E-state index contributed by atoms with van der Waals surface area (Å²) < 4.78 is 74.4. The minimum absolute atomic E-state index is 0.0532. The van der Waals surface area contributed by atoms with Crippen LogP contribution in [-0.4, -0.2) is 43.3 Å². The first-order valence-electron chi connectivity index (χ1n) is 11.9. The molecule has 40 heavy (non-hydrogen) atoms. The molecule has 3 aromatic rings. The number of hydrogen-bond acceptors (Lipinski definition) is 5. The average Bonchev–Trinajstić information content (AvgIpc) is 2.88. The van der Waals surface area contributed by atoms with Crippen LogP contribution in [0, 0.1) is 12.7 Å². The number of hydrogen-bond donors (Lipinski definition) is 3. The molecule has 0 unspecified atom stereocenters. The molecule has 3 aromatic carbocycles. The van der Waals surface area contributed by atoms with Gasteiger partial charge in [-0.1, -0.05) is 49.7 Å². The number of aromatic carboxylic acids is 1. The fourth-order valence-electron chi connectivity index (χ4n) is 3.53. The zero-order valence-corrected chi connectivity index (χ0v) is 22.4. The second kappa shape index (κ2) is 13.8. The van der Waals surface area contributed by atoms with E-state index in [1.807, 2.05) is 35.2 Å². The fraction of sp³-hybridized carbons (Fsp3) is 0.259. The van der Waals surface area contributed by atoms with Crippen LogP contribution in [-0.2, 0) is 21.4 Å². The number of carbonyl (C=O) groups is 2. The highest BCUT2D eigenvalue weighted by molar-refractivity contribution is 7.92. The van der Waals surface area contributed by atoms with Gasteiger partial charge in [0, 0.05) is 13.1 Å². The molecule has 0 aliphatic heterocycles. The maximum Gasteiger partial charge on any atom is 0.490 e. The van der Waals surface area contributed by atoms with Gasteiger partial charge < -0.3 is 15.1 Å². The summed E-state index contributed by atoms with van der Waals surface area (Å²) in [6.07, 6.45) is -3.29. The molecule has 0 radical (unpaired) electrons. The maximum atomic E-state index is 13.8. The van der Waals surface area contributed by atoms with E-state index in [4.69, 9.17) is 9.90 Å². The topological polar surface area (TPSA) is 124 Å². The van der Waals surface area contributed by atoms with Crippen molar-refractivity contribution in [1.82, 2.24) is 0 Å². The van der Waals surface area contributed by atoms with Crippen LogP contribution in [0.25, 0.3) is 0 Å². The quantitative estimate of drug-likeness (QED) is 0.247. The lowest BCUT2D eigenvalue weighted by Gasteiger charge is -2.28. The number of carboxylic acids is 2. The van der Waals surface area contributed by atoms with E-state index < -0.39 is 34.0 Å². The van der Waals surface area contributed by atoms with E-state index >= 15 is 0 Å². The van der Waals surface area contributed by atoms with Crippen molar-refractivity contribution in [3.8, 4) is 0 Å².